The Labute approximate surface area is 163 Å². The summed E-state index contributed by atoms with van der Waals surface area (Å²) >= 11 is 0. The third-order valence-electron chi connectivity index (χ3n) is 6.17. The number of benzene rings is 2. The zero-order valence-electron chi connectivity index (χ0n) is 15.8. The quantitative estimate of drug-likeness (QED) is 0.455. The van der Waals surface area contributed by atoms with Crippen molar-refractivity contribution in [1.29, 1.82) is 0 Å². The molecule has 1 amide bonds. The number of unbranched alkanes of at least 4 members (excludes halogenated alkanes) is 1. The van der Waals surface area contributed by atoms with Crippen molar-refractivity contribution in [1.82, 2.24) is 0 Å². The standard InChI is InChI=1S/C23H23NO4/c1-2-3-13-27-22(26)19-18-11-12-23(28-18)14-24(21(25)20(19)23)17-10-6-8-15-7-4-5-9-16(15)17/h4-12,18-20H,2-3,13-14H2,1H3/t18-,19?,20-,23+/m0/s1. The predicted octanol–water partition coefficient (Wildman–Crippen LogP) is 3.47. The third-order valence-corrected chi connectivity index (χ3v) is 6.17. The molecule has 3 heterocycles. The van der Waals surface area contributed by atoms with Gasteiger partial charge in [0.2, 0.25) is 5.91 Å². The molecule has 5 nitrogen and oxygen atoms in total. The van der Waals surface area contributed by atoms with Gasteiger partial charge in [0.25, 0.3) is 0 Å². The van der Waals surface area contributed by atoms with Gasteiger partial charge in [-0.25, -0.2) is 0 Å². The van der Waals surface area contributed by atoms with E-state index in [2.05, 4.69) is 6.92 Å². The van der Waals surface area contributed by atoms with Crippen molar-refractivity contribution in [3.63, 3.8) is 0 Å². The minimum atomic E-state index is -0.729. The summed E-state index contributed by atoms with van der Waals surface area (Å²) in [6.45, 7) is 2.87. The van der Waals surface area contributed by atoms with Crippen molar-refractivity contribution in [2.75, 3.05) is 18.1 Å². The maximum absolute atomic E-state index is 13.5. The Morgan fingerprint density at radius 1 is 1.25 bits per heavy atom. The molecular formula is C23H23NO4. The number of rotatable bonds is 5. The number of carbonyl (C=O) groups is 2. The van der Waals surface area contributed by atoms with Gasteiger partial charge < -0.3 is 14.4 Å². The van der Waals surface area contributed by atoms with E-state index >= 15 is 0 Å². The van der Waals surface area contributed by atoms with E-state index in [1.807, 2.05) is 54.6 Å². The third kappa shape index (κ3) is 2.42. The summed E-state index contributed by atoms with van der Waals surface area (Å²) in [6.07, 6.45) is 5.31. The lowest BCUT2D eigenvalue weighted by Gasteiger charge is -2.23. The van der Waals surface area contributed by atoms with Crippen LogP contribution in [0.4, 0.5) is 5.69 Å². The number of anilines is 1. The lowest BCUT2D eigenvalue weighted by atomic mass is 9.77. The minimum absolute atomic E-state index is 0.0550. The van der Waals surface area contributed by atoms with Crippen LogP contribution in [0.2, 0.25) is 0 Å². The van der Waals surface area contributed by atoms with Gasteiger partial charge in [-0.15, -0.1) is 0 Å². The van der Waals surface area contributed by atoms with Crippen molar-refractivity contribution >= 4 is 28.3 Å². The summed E-state index contributed by atoms with van der Waals surface area (Å²) in [5, 5.41) is 2.11. The summed E-state index contributed by atoms with van der Waals surface area (Å²) in [7, 11) is 0. The summed E-state index contributed by atoms with van der Waals surface area (Å²) in [6, 6.07) is 14.0. The second kappa shape index (κ2) is 6.45. The highest BCUT2D eigenvalue weighted by Crippen LogP contribution is 2.53. The highest BCUT2D eigenvalue weighted by molar-refractivity contribution is 6.08. The van der Waals surface area contributed by atoms with Crippen molar-refractivity contribution in [2.45, 2.75) is 31.5 Å². The predicted molar refractivity (Wildman–Crippen MR) is 106 cm³/mol. The van der Waals surface area contributed by atoms with Gasteiger partial charge in [0.05, 0.1) is 30.9 Å². The maximum Gasteiger partial charge on any atom is 0.312 e. The molecule has 2 aromatic carbocycles. The Morgan fingerprint density at radius 3 is 2.93 bits per heavy atom. The lowest BCUT2D eigenvalue weighted by molar-refractivity contribution is -0.152. The molecule has 0 aliphatic carbocycles. The Hall–Kier alpha value is -2.66. The zero-order chi connectivity index (χ0) is 19.3. The Kier molecular flexibility index (Phi) is 4.02. The summed E-state index contributed by atoms with van der Waals surface area (Å²) in [4.78, 5) is 28.0. The molecule has 144 valence electrons. The Balaban J connectivity index is 1.49. The van der Waals surface area contributed by atoms with E-state index in [0.717, 1.165) is 29.3 Å². The molecule has 5 heteroatoms. The molecule has 0 saturated carbocycles. The number of ether oxygens (including phenoxy) is 2. The molecule has 0 N–H and O–H groups in total. The van der Waals surface area contributed by atoms with Crippen molar-refractivity contribution in [3.05, 3.63) is 54.6 Å². The van der Waals surface area contributed by atoms with Gasteiger partial charge in [0.15, 0.2) is 0 Å². The maximum atomic E-state index is 13.5. The van der Waals surface area contributed by atoms with Crippen LogP contribution in [0, 0.1) is 11.8 Å². The summed E-state index contributed by atoms with van der Waals surface area (Å²) in [5.41, 5.74) is 0.137. The van der Waals surface area contributed by atoms with E-state index in [-0.39, 0.29) is 18.0 Å². The van der Waals surface area contributed by atoms with Crippen LogP contribution in [0.3, 0.4) is 0 Å². The van der Waals surface area contributed by atoms with Gasteiger partial charge in [-0.1, -0.05) is 61.9 Å². The smallest absolute Gasteiger partial charge is 0.312 e. The fourth-order valence-corrected chi connectivity index (χ4v) is 4.83. The molecule has 4 atom stereocenters. The first-order valence-corrected chi connectivity index (χ1v) is 9.97. The number of carbonyl (C=O) groups excluding carboxylic acids is 2. The molecular weight excluding hydrogens is 354 g/mol. The molecule has 1 spiro atoms. The number of hydrogen-bond acceptors (Lipinski definition) is 4. The Bertz CT molecular complexity index is 978. The van der Waals surface area contributed by atoms with Gasteiger partial charge in [-0.3, -0.25) is 9.59 Å². The number of amides is 1. The number of hydrogen-bond donors (Lipinski definition) is 0. The van der Waals surface area contributed by atoms with Gasteiger partial charge in [0.1, 0.15) is 11.5 Å². The molecule has 0 aromatic heterocycles. The van der Waals surface area contributed by atoms with Crippen LogP contribution in [0.5, 0.6) is 0 Å². The summed E-state index contributed by atoms with van der Waals surface area (Å²) < 4.78 is 11.6. The second-order valence-electron chi connectivity index (χ2n) is 7.84. The van der Waals surface area contributed by atoms with Crippen molar-refractivity contribution < 1.29 is 19.1 Å². The lowest BCUT2D eigenvalue weighted by Crippen LogP contribution is -2.40. The van der Waals surface area contributed by atoms with E-state index in [1.54, 1.807) is 4.90 Å². The van der Waals surface area contributed by atoms with Crippen LogP contribution in [0.15, 0.2) is 54.6 Å². The van der Waals surface area contributed by atoms with E-state index < -0.39 is 17.4 Å². The monoisotopic (exact) mass is 377 g/mol. The average Bonchev–Trinajstić information content (AvgIpc) is 3.36. The largest absolute Gasteiger partial charge is 0.465 e. The first kappa shape index (κ1) is 17.4. The molecule has 2 fully saturated rings. The summed E-state index contributed by atoms with van der Waals surface area (Å²) in [5.74, 6) is -1.45. The second-order valence-corrected chi connectivity index (χ2v) is 7.84. The van der Waals surface area contributed by atoms with Gasteiger partial charge in [-0.2, -0.15) is 0 Å². The van der Waals surface area contributed by atoms with Crippen LogP contribution in [0.1, 0.15) is 19.8 Å². The van der Waals surface area contributed by atoms with Crippen LogP contribution in [0.25, 0.3) is 10.8 Å². The average molecular weight is 377 g/mol. The van der Waals surface area contributed by atoms with Crippen LogP contribution in [-0.2, 0) is 19.1 Å². The van der Waals surface area contributed by atoms with Crippen LogP contribution >= 0.6 is 0 Å². The highest BCUT2D eigenvalue weighted by Gasteiger charge is 2.67. The van der Waals surface area contributed by atoms with E-state index in [4.69, 9.17) is 9.47 Å². The molecule has 2 saturated heterocycles. The van der Waals surface area contributed by atoms with Crippen molar-refractivity contribution in [2.24, 2.45) is 11.8 Å². The van der Waals surface area contributed by atoms with Gasteiger partial charge >= 0.3 is 5.97 Å². The van der Waals surface area contributed by atoms with Crippen LogP contribution in [-0.4, -0.2) is 36.7 Å². The number of esters is 1. The van der Waals surface area contributed by atoms with Crippen molar-refractivity contribution in [3.8, 4) is 0 Å². The van der Waals surface area contributed by atoms with Crippen LogP contribution < -0.4 is 4.90 Å². The number of nitrogens with zero attached hydrogens (tertiary/aromatic N) is 1. The first-order valence-electron chi connectivity index (χ1n) is 9.97. The molecule has 0 radical (unpaired) electrons. The normalized spacial score (nSPS) is 30.2. The topological polar surface area (TPSA) is 55.8 Å². The highest BCUT2D eigenvalue weighted by atomic mass is 16.6. The minimum Gasteiger partial charge on any atom is -0.465 e. The number of fused-ring (bicyclic) bond motifs is 2. The molecule has 5 rings (SSSR count). The fraction of sp³-hybridized carbons (Fsp3) is 0.391. The first-order chi connectivity index (χ1) is 13.6. The van der Waals surface area contributed by atoms with E-state index in [0.29, 0.717) is 13.2 Å². The molecule has 2 aromatic rings. The Morgan fingerprint density at radius 2 is 2.07 bits per heavy atom. The van der Waals surface area contributed by atoms with E-state index in [9.17, 15) is 9.59 Å². The van der Waals surface area contributed by atoms with Gasteiger partial charge in [0, 0.05) is 5.39 Å². The van der Waals surface area contributed by atoms with Gasteiger partial charge in [-0.05, 0) is 17.9 Å². The van der Waals surface area contributed by atoms with E-state index in [1.165, 1.54) is 0 Å². The molecule has 1 unspecified atom stereocenters. The molecule has 3 aliphatic heterocycles. The SMILES string of the molecule is CCCCOC(=O)C1[C@@H]2C=C[C@]3(CN(c4cccc5ccccc45)C(=O)[C@H]13)O2. The molecule has 3 aliphatic rings. The zero-order valence-corrected chi connectivity index (χ0v) is 15.8. The fourth-order valence-electron chi connectivity index (χ4n) is 4.83. The molecule has 28 heavy (non-hydrogen) atoms. The molecule has 2 bridgehead atoms.